The first-order valence-corrected chi connectivity index (χ1v) is 7.46. The van der Waals surface area contributed by atoms with Gasteiger partial charge in [-0.25, -0.2) is 13.8 Å². The van der Waals surface area contributed by atoms with Crippen LogP contribution in [0.25, 0.3) is 32.2 Å². The van der Waals surface area contributed by atoms with Gasteiger partial charge in [0.15, 0.2) is 16.8 Å². The average Bonchev–Trinajstić information content (AvgIpc) is 3.07. The fourth-order valence-corrected chi connectivity index (χ4v) is 3.51. The van der Waals surface area contributed by atoms with Gasteiger partial charge < -0.3 is 5.73 Å². The van der Waals surface area contributed by atoms with Crippen LogP contribution in [0.5, 0.6) is 0 Å². The summed E-state index contributed by atoms with van der Waals surface area (Å²) in [5, 5.41) is 5.93. The molecule has 0 bridgehead atoms. The summed E-state index contributed by atoms with van der Waals surface area (Å²) in [4.78, 5) is 4.14. The first kappa shape index (κ1) is 14.0. The molecule has 2 aromatic heterocycles. The maximum absolute atomic E-state index is 14.2. The van der Waals surface area contributed by atoms with Crippen molar-refractivity contribution in [3.63, 3.8) is 0 Å². The Morgan fingerprint density at radius 2 is 1.96 bits per heavy atom. The number of nitrogen functional groups attached to an aromatic ring is 1. The van der Waals surface area contributed by atoms with Crippen molar-refractivity contribution >= 4 is 37.6 Å². The molecule has 0 fully saturated rings. The number of thiazole rings is 1. The van der Waals surface area contributed by atoms with Crippen molar-refractivity contribution in [3.05, 3.63) is 41.3 Å². The summed E-state index contributed by atoms with van der Waals surface area (Å²) in [6.45, 7) is 1.41. The van der Waals surface area contributed by atoms with Crippen LogP contribution >= 0.6 is 11.3 Å². The number of halogens is 3. The van der Waals surface area contributed by atoms with Crippen LogP contribution in [0.2, 0.25) is 0 Å². The summed E-state index contributed by atoms with van der Waals surface area (Å²) in [6.07, 6.45) is 0. The van der Waals surface area contributed by atoms with E-state index in [-0.39, 0.29) is 22.0 Å². The quantitative estimate of drug-likeness (QED) is 0.549. The number of benzene rings is 2. The fourth-order valence-electron chi connectivity index (χ4n) is 2.73. The predicted octanol–water partition coefficient (Wildman–Crippen LogP) is 4.15. The maximum atomic E-state index is 14.2. The minimum Gasteiger partial charge on any atom is -0.375 e. The minimum absolute atomic E-state index is 0.0205. The van der Waals surface area contributed by atoms with Crippen molar-refractivity contribution in [2.75, 3.05) is 5.73 Å². The molecule has 0 amide bonds. The zero-order valence-corrected chi connectivity index (χ0v) is 12.6. The van der Waals surface area contributed by atoms with Crippen molar-refractivity contribution in [2.24, 2.45) is 0 Å². The first-order valence-electron chi connectivity index (χ1n) is 6.65. The molecule has 4 aromatic rings. The normalized spacial score (nSPS) is 11.7. The van der Waals surface area contributed by atoms with E-state index < -0.39 is 17.6 Å². The Hall–Kier alpha value is -2.61. The summed E-state index contributed by atoms with van der Waals surface area (Å²) in [6, 6.07) is 5.12. The van der Waals surface area contributed by atoms with Gasteiger partial charge in [0.25, 0.3) is 0 Å². The molecule has 3 N–H and O–H groups in total. The van der Waals surface area contributed by atoms with E-state index in [0.29, 0.717) is 16.2 Å². The Labute approximate surface area is 131 Å². The van der Waals surface area contributed by atoms with Gasteiger partial charge in [0.2, 0.25) is 5.95 Å². The van der Waals surface area contributed by atoms with Crippen LogP contribution in [0.4, 0.5) is 18.3 Å². The van der Waals surface area contributed by atoms with E-state index in [1.165, 1.54) is 18.3 Å². The summed E-state index contributed by atoms with van der Waals surface area (Å²) in [5.74, 6) is -3.01. The molecule has 4 nitrogen and oxygen atoms in total. The van der Waals surface area contributed by atoms with E-state index in [0.717, 1.165) is 4.70 Å². The number of nitrogens with one attached hydrogen (secondary N) is 1. The molecule has 0 atom stereocenters. The molecule has 4 rings (SSSR count). The second kappa shape index (κ2) is 4.69. The molecule has 0 unspecified atom stereocenters. The largest absolute Gasteiger partial charge is 0.375 e. The van der Waals surface area contributed by atoms with Gasteiger partial charge in [-0.2, -0.15) is 9.49 Å². The highest BCUT2D eigenvalue weighted by molar-refractivity contribution is 7.22. The van der Waals surface area contributed by atoms with Crippen LogP contribution in [0.15, 0.2) is 18.2 Å². The lowest BCUT2D eigenvalue weighted by molar-refractivity contribution is 0.510. The van der Waals surface area contributed by atoms with Crippen molar-refractivity contribution in [1.29, 1.82) is 0 Å². The summed E-state index contributed by atoms with van der Waals surface area (Å²) in [5.41, 5.74) is 6.84. The minimum atomic E-state index is -1.16. The number of H-pyrrole nitrogens is 1. The van der Waals surface area contributed by atoms with Crippen LogP contribution in [0, 0.1) is 24.5 Å². The second-order valence-corrected chi connectivity index (χ2v) is 6.19. The Kier molecular flexibility index (Phi) is 2.86. The molecule has 0 saturated heterocycles. The Morgan fingerprint density at radius 1 is 1.17 bits per heavy atom. The Balaban J connectivity index is 2.12. The Morgan fingerprint density at radius 3 is 2.74 bits per heavy atom. The van der Waals surface area contributed by atoms with E-state index in [1.807, 2.05) is 0 Å². The second-order valence-electron chi connectivity index (χ2n) is 5.12. The smallest absolute Gasteiger partial charge is 0.217 e. The van der Waals surface area contributed by atoms with Gasteiger partial charge in [-0.1, -0.05) is 17.4 Å². The lowest BCUT2D eigenvalue weighted by atomic mass is 9.96. The molecular weight excluding hydrogens is 325 g/mol. The van der Waals surface area contributed by atoms with Gasteiger partial charge in [0, 0.05) is 5.56 Å². The summed E-state index contributed by atoms with van der Waals surface area (Å²) < 4.78 is 43.0. The molecule has 23 heavy (non-hydrogen) atoms. The number of aromatic nitrogens is 3. The number of nitrogens with two attached hydrogens (primary N) is 1. The van der Waals surface area contributed by atoms with Crippen LogP contribution in [0.3, 0.4) is 0 Å². The van der Waals surface area contributed by atoms with Crippen molar-refractivity contribution in [3.8, 4) is 11.1 Å². The third kappa shape index (κ3) is 1.91. The average molecular weight is 334 g/mol. The third-order valence-electron chi connectivity index (χ3n) is 3.77. The van der Waals surface area contributed by atoms with Crippen molar-refractivity contribution < 1.29 is 13.2 Å². The predicted molar refractivity (Wildman–Crippen MR) is 83.7 cm³/mol. The SMILES string of the molecule is Cc1c(F)c(F)c2n[nH]c(F)c2c1-c1ccc2nc(N)sc2c1. The van der Waals surface area contributed by atoms with Crippen LogP contribution in [0.1, 0.15) is 5.56 Å². The molecule has 0 spiro atoms. The molecule has 0 aliphatic rings. The van der Waals surface area contributed by atoms with Crippen LogP contribution in [-0.2, 0) is 0 Å². The van der Waals surface area contributed by atoms with Gasteiger partial charge in [-0.3, -0.25) is 5.10 Å². The molecule has 2 aromatic carbocycles. The van der Waals surface area contributed by atoms with Crippen LogP contribution in [-0.4, -0.2) is 15.2 Å². The maximum Gasteiger partial charge on any atom is 0.217 e. The zero-order chi connectivity index (χ0) is 16.3. The van der Waals surface area contributed by atoms with Crippen LogP contribution < -0.4 is 5.73 Å². The highest BCUT2D eigenvalue weighted by Gasteiger charge is 2.23. The molecule has 8 heteroatoms. The van der Waals surface area contributed by atoms with E-state index in [9.17, 15) is 13.2 Å². The van der Waals surface area contributed by atoms with Gasteiger partial charge in [0.1, 0.15) is 5.52 Å². The van der Waals surface area contributed by atoms with Gasteiger partial charge in [-0.05, 0) is 30.2 Å². The van der Waals surface area contributed by atoms with E-state index in [4.69, 9.17) is 5.73 Å². The van der Waals surface area contributed by atoms with Gasteiger partial charge >= 0.3 is 0 Å². The first-order chi connectivity index (χ1) is 11.0. The topological polar surface area (TPSA) is 67.6 Å². The van der Waals surface area contributed by atoms with E-state index >= 15 is 0 Å². The molecule has 0 saturated carbocycles. The summed E-state index contributed by atoms with van der Waals surface area (Å²) in [7, 11) is 0. The van der Waals surface area contributed by atoms with E-state index in [2.05, 4.69) is 15.2 Å². The number of hydrogen-bond donors (Lipinski definition) is 2. The zero-order valence-electron chi connectivity index (χ0n) is 11.7. The molecular formula is C15H9F3N4S. The standard InChI is InChI=1S/C15H9F3N4S/c1-5-9(6-2-3-7-8(4-6)23-15(19)20-7)10-13(12(17)11(5)16)21-22-14(10)18/h2-4H,1H3,(H2,19,20)(H,21,22). The lowest BCUT2D eigenvalue weighted by Gasteiger charge is -2.10. The third-order valence-corrected chi connectivity index (χ3v) is 4.62. The number of rotatable bonds is 1. The number of anilines is 1. The molecule has 0 radical (unpaired) electrons. The molecule has 2 heterocycles. The fraction of sp³-hybridized carbons (Fsp3) is 0.0667. The molecule has 0 aliphatic heterocycles. The molecule has 116 valence electrons. The number of nitrogens with zero attached hydrogens (tertiary/aromatic N) is 2. The highest BCUT2D eigenvalue weighted by atomic mass is 32.1. The monoisotopic (exact) mass is 334 g/mol. The van der Waals surface area contributed by atoms with Crippen molar-refractivity contribution in [2.45, 2.75) is 6.92 Å². The van der Waals surface area contributed by atoms with Gasteiger partial charge in [0.05, 0.1) is 15.6 Å². The number of hydrogen-bond acceptors (Lipinski definition) is 4. The van der Waals surface area contributed by atoms with E-state index in [1.54, 1.807) is 18.2 Å². The Bertz CT molecular complexity index is 1080. The number of aromatic amines is 1. The van der Waals surface area contributed by atoms with Crippen molar-refractivity contribution in [1.82, 2.24) is 15.2 Å². The number of fused-ring (bicyclic) bond motifs is 2. The lowest BCUT2D eigenvalue weighted by Crippen LogP contribution is -1.96. The highest BCUT2D eigenvalue weighted by Crippen LogP contribution is 2.38. The van der Waals surface area contributed by atoms with Gasteiger partial charge in [-0.15, -0.1) is 0 Å². The molecule has 0 aliphatic carbocycles. The summed E-state index contributed by atoms with van der Waals surface area (Å²) >= 11 is 1.27.